The highest BCUT2D eigenvalue weighted by Crippen LogP contribution is 2.38. The minimum atomic E-state index is -4.60. The van der Waals surface area contributed by atoms with Gasteiger partial charge in [0.2, 0.25) is 5.91 Å². The van der Waals surface area contributed by atoms with Crippen LogP contribution in [0.5, 0.6) is 0 Å². The molecule has 12 heteroatoms. The SMILES string of the molecule is CC1CC2NN=NC2CC1C(=O)N1CC2CN(C(=O)OCC3CCC(OC(F)(F)F)CC3)CC2C1. The number of fused-ring (bicyclic) bond motifs is 2. The van der Waals surface area contributed by atoms with Crippen LogP contribution in [-0.4, -0.2) is 79.1 Å². The summed E-state index contributed by atoms with van der Waals surface area (Å²) in [6.07, 6.45) is -2.40. The second kappa shape index (κ2) is 9.74. The molecule has 0 aromatic carbocycles. The highest BCUT2D eigenvalue weighted by Gasteiger charge is 2.47. The fraction of sp³-hybridized carbons (Fsp3) is 0.913. The molecule has 3 aliphatic heterocycles. The Bertz CT molecular complexity index is 820. The van der Waals surface area contributed by atoms with Crippen LogP contribution in [0.2, 0.25) is 0 Å². The number of hydrogen-bond donors (Lipinski definition) is 1. The number of likely N-dealkylation sites (tertiary alicyclic amines) is 2. The number of carbonyl (C=O) groups excluding carboxylic acids is 2. The molecule has 2 amide bonds. The zero-order valence-corrected chi connectivity index (χ0v) is 20.0. The van der Waals surface area contributed by atoms with E-state index in [0.717, 1.165) is 12.8 Å². The van der Waals surface area contributed by atoms with Crippen LogP contribution in [0.4, 0.5) is 18.0 Å². The molecule has 9 nitrogen and oxygen atoms in total. The lowest BCUT2D eigenvalue weighted by Gasteiger charge is -2.36. The first-order chi connectivity index (χ1) is 16.7. The van der Waals surface area contributed by atoms with Gasteiger partial charge >= 0.3 is 12.5 Å². The van der Waals surface area contributed by atoms with E-state index in [1.807, 2.05) is 4.90 Å². The molecule has 5 aliphatic rings. The highest BCUT2D eigenvalue weighted by molar-refractivity contribution is 5.80. The third kappa shape index (κ3) is 5.51. The van der Waals surface area contributed by atoms with E-state index in [1.54, 1.807) is 4.90 Å². The fourth-order valence-corrected chi connectivity index (χ4v) is 6.61. The van der Waals surface area contributed by atoms with Crippen molar-refractivity contribution >= 4 is 12.0 Å². The Morgan fingerprint density at radius 2 is 1.66 bits per heavy atom. The van der Waals surface area contributed by atoms with E-state index in [4.69, 9.17) is 4.74 Å². The van der Waals surface area contributed by atoms with Gasteiger partial charge in [-0.3, -0.25) is 15.0 Å². The summed E-state index contributed by atoms with van der Waals surface area (Å²) in [7, 11) is 0. The monoisotopic (exact) mass is 501 g/mol. The number of nitrogens with zero attached hydrogens (tertiary/aromatic N) is 4. The van der Waals surface area contributed by atoms with Gasteiger partial charge in [0, 0.05) is 43.9 Å². The summed E-state index contributed by atoms with van der Waals surface area (Å²) in [5, 5.41) is 8.18. The molecule has 3 heterocycles. The lowest BCUT2D eigenvalue weighted by molar-refractivity contribution is -0.345. The topological polar surface area (TPSA) is 95.8 Å². The smallest absolute Gasteiger partial charge is 0.449 e. The van der Waals surface area contributed by atoms with Gasteiger partial charge in [0.1, 0.15) is 0 Å². The molecule has 6 unspecified atom stereocenters. The predicted molar refractivity (Wildman–Crippen MR) is 117 cm³/mol. The molecule has 2 aliphatic carbocycles. The van der Waals surface area contributed by atoms with Gasteiger partial charge in [-0.1, -0.05) is 12.1 Å². The van der Waals surface area contributed by atoms with Crippen molar-refractivity contribution in [1.29, 1.82) is 0 Å². The summed E-state index contributed by atoms with van der Waals surface area (Å²) in [6, 6.07) is 0.328. The number of nitrogens with one attached hydrogen (secondary N) is 1. The quantitative estimate of drug-likeness (QED) is 0.637. The first-order valence-electron chi connectivity index (χ1n) is 12.8. The van der Waals surface area contributed by atoms with Crippen LogP contribution < -0.4 is 5.43 Å². The van der Waals surface area contributed by atoms with Gasteiger partial charge in [-0.25, -0.2) is 4.79 Å². The minimum Gasteiger partial charge on any atom is -0.449 e. The van der Waals surface area contributed by atoms with Crippen LogP contribution in [0.3, 0.4) is 0 Å². The Morgan fingerprint density at radius 3 is 2.31 bits per heavy atom. The number of amides is 2. The molecule has 4 fully saturated rings. The second-order valence-corrected chi connectivity index (χ2v) is 11.0. The standard InChI is InChI=1S/C23H34F3N5O4/c1-13-6-19-20(28-29-27-19)7-18(13)21(32)30-8-15-10-31(11-16(15)9-30)22(33)34-12-14-2-4-17(5-3-14)35-23(24,25)26/h13-20H,2-12H2,1H3,(H,27,28). The molecule has 2 saturated heterocycles. The van der Waals surface area contributed by atoms with Gasteiger partial charge in [-0.2, -0.15) is 5.11 Å². The molecule has 6 atom stereocenters. The van der Waals surface area contributed by atoms with Crippen molar-refractivity contribution in [2.45, 2.75) is 70.0 Å². The number of rotatable bonds is 4. The third-order valence-electron chi connectivity index (χ3n) is 8.61. The Balaban J connectivity index is 1.03. The molecule has 196 valence electrons. The van der Waals surface area contributed by atoms with Crippen molar-refractivity contribution in [3.8, 4) is 0 Å². The fourth-order valence-electron chi connectivity index (χ4n) is 6.61. The number of alkyl halides is 3. The van der Waals surface area contributed by atoms with Crippen LogP contribution in [0.25, 0.3) is 0 Å². The lowest BCUT2D eigenvalue weighted by Crippen LogP contribution is -2.47. The van der Waals surface area contributed by atoms with E-state index in [0.29, 0.717) is 51.9 Å². The zero-order chi connectivity index (χ0) is 24.7. The Morgan fingerprint density at radius 1 is 1.00 bits per heavy atom. The number of hydrogen-bond acceptors (Lipinski definition) is 7. The third-order valence-corrected chi connectivity index (χ3v) is 8.61. The van der Waals surface area contributed by atoms with Crippen molar-refractivity contribution < 1.29 is 32.2 Å². The van der Waals surface area contributed by atoms with E-state index in [9.17, 15) is 22.8 Å². The Labute approximate surface area is 202 Å². The number of ether oxygens (including phenoxy) is 2. The van der Waals surface area contributed by atoms with Crippen molar-refractivity contribution in [3.63, 3.8) is 0 Å². The van der Waals surface area contributed by atoms with E-state index in [-0.39, 0.29) is 60.3 Å². The molecule has 0 bridgehead atoms. The molecule has 0 aromatic heterocycles. The maximum atomic E-state index is 13.3. The van der Waals surface area contributed by atoms with Gasteiger partial charge in [0.15, 0.2) is 0 Å². The lowest BCUT2D eigenvalue weighted by atomic mass is 9.75. The second-order valence-electron chi connectivity index (χ2n) is 11.0. The molecule has 0 aromatic rings. The van der Waals surface area contributed by atoms with Gasteiger partial charge < -0.3 is 14.5 Å². The van der Waals surface area contributed by atoms with Crippen LogP contribution in [-0.2, 0) is 14.3 Å². The summed E-state index contributed by atoms with van der Waals surface area (Å²) < 4.78 is 46.7. The van der Waals surface area contributed by atoms with Gasteiger partial charge in [-0.05, 0) is 50.4 Å². The van der Waals surface area contributed by atoms with E-state index in [2.05, 4.69) is 27.4 Å². The molecule has 35 heavy (non-hydrogen) atoms. The van der Waals surface area contributed by atoms with E-state index in [1.165, 1.54) is 0 Å². The van der Waals surface area contributed by atoms with Crippen LogP contribution in [0.15, 0.2) is 10.3 Å². The molecular formula is C23H34F3N5O4. The van der Waals surface area contributed by atoms with Crippen molar-refractivity contribution in [1.82, 2.24) is 15.2 Å². The first-order valence-corrected chi connectivity index (χ1v) is 12.8. The minimum absolute atomic E-state index is 0.0355. The van der Waals surface area contributed by atoms with Crippen molar-refractivity contribution in [2.24, 2.45) is 39.9 Å². The van der Waals surface area contributed by atoms with Gasteiger partial charge in [0.25, 0.3) is 0 Å². The summed E-state index contributed by atoms with van der Waals surface area (Å²) in [5.41, 5.74) is 3.04. The van der Waals surface area contributed by atoms with Crippen LogP contribution in [0, 0.1) is 29.6 Å². The highest BCUT2D eigenvalue weighted by atomic mass is 19.4. The van der Waals surface area contributed by atoms with E-state index >= 15 is 0 Å². The van der Waals surface area contributed by atoms with Gasteiger partial charge in [0.05, 0.1) is 24.8 Å². The Hall–Kier alpha value is -2.11. The first kappa shape index (κ1) is 24.6. The van der Waals surface area contributed by atoms with E-state index < -0.39 is 12.5 Å². The van der Waals surface area contributed by atoms with Crippen molar-refractivity contribution in [3.05, 3.63) is 0 Å². The van der Waals surface area contributed by atoms with Gasteiger partial charge in [-0.15, -0.1) is 13.2 Å². The molecule has 1 N–H and O–H groups in total. The van der Waals surface area contributed by atoms with Crippen molar-refractivity contribution in [2.75, 3.05) is 32.8 Å². The largest absolute Gasteiger partial charge is 0.522 e. The molecular weight excluding hydrogens is 467 g/mol. The number of carbonyl (C=O) groups is 2. The Kier molecular flexibility index (Phi) is 6.84. The number of halogens is 3. The summed E-state index contributed by atoms with van der Waals surface area (Å²) >= 11 is 0. The average molecular weight is 502 g/mol. The molecule has 0 radical (unpaired) electrons. The maximum Gasteiger partial charge on any atom is 0.522 e. The normalized spacial score (nSPS) is 38.7. The molecule has 5 rings (SSSR count). The molecule has 2 saturated carbocycles. The zero-order valence-electron chi connectivity index (χ0n) is 20.0. The maximum absolute atomic E-state index is 13.3. The van der Waals surface area contributed by atoms with Crippen LogP contribution in [0.1, 0.15) is 45.4 Å². The summed E-state index contributed by atoms with van der Waals surface area (Å²) in [4.78, 5) is 29.6. The summed E-state index contributed by atoms with van der Waals surface area (Å²) in [5.74, 6) is 1.01. The van der Waals surface area contributed by atoms with Crippen LogP contribution >= 0.6 is 0 Å². The summed E-state index contributed by atoms with van der Waals surface area (Å²) in [6.45, 7) is 4.82. The average Bonchev–Trinajstić information content (AvgIpc) is 3.51. The predicted octanol–water partition coefficient (Wildman–Crippen LogP) is 3.36. The molecule has 0 spiro atoms.